The number of nitrogens with zero attached hydrogens (tertiary/aromatic N) is 2. The summed E-state index contributed by atoms with van der Waals surface area (Å²) in [6.45, 7) is 2.22. The summed E-state index contributed by atoms with van der Waals surface area (Å²) in [5, 5.41) is 11.8. The van der Waals surface area contributed by atoms with Crippen molar-refractivity contribution >= 4 is 6.09 Å². The van der Waals surface area contributed by atoms with E-state index >= 15 is 0 Å². The van der Waals surface area contributed by atoms with Crippen molar-refractivity contribution in [2.45, 2.75) is 62.6 Å². The van der Waals surface area contributed by atoms with E-state index in [0.29, 0.717) is 25.3 Å². The van der Waals surface area contributed by atoms with Crippen molar-refractivity contribution in [2.75, 3.05) is 13.7 Å². The van der Waals surface area contributed by atoms with Crippen LogP contribution in [0.4, 0.5) is 4.79 Å². The fraction of sp³-hybridized carbons (Fsp3) is 0.400. The lowest BCUT2D eigenvalue weighted by molar-refractivity contribution is -0.0895. The Morgan fingerprint density at radius 2 is 1.61 bits per heavy atom. The second kappa shape index (κ2) is 8.93. The maximum atomic E-state index is 13.5. The Hall–Kier alpha value is -3.38. The van der Waals surface area contributed by atoms with E-state index in [1.165, 1.54) is 22.3 Å². The Balaban J connectivity index is 1.20. The molecule has 2 saturated heterocycles. The first-order valence-electron chi connectivity index (χ1n) is 12.9. The molecule has 2 atom stereocenters. The molecule has 1 aromatic heterocycles. The molecule has 6 rings (SSSR count). The van der Waals surface area contributed by atoms with E-state index in [0.717, 1.165) is 30.5 Å². The summed E-state index contributed by atoms with van der Waals surface area (Å²) in [7, 11) is 1.59. The summed E-state index contributed by atoms with van der Waals surface area (Å²) in [5.74, 6) is 0.576. The smallest absolute Gasteiger partial charge is 0.410 e. The molecule has 1 amide bonds. The number of benzene rings is 2. The highest BCUT2D eigenvalue weighted by atomic mass is 16.6. The molecule has 2 aliphatic heterocycles. The van der Waals surface area contributed by atoms with Gasteiger partial charge in [-0.25, -0.2) is 9.78 Å². The zero-order valence-corrected chi connectivity index (χ0v) is 20.8. The van der Waals surface area contributed by atoms with Crippen LogP contribution in [0, 0.1) is 6.92 Å². The van der Waals surface area contributed by atoms with E-state index in [-0.39, 0.29) is 24.1 Å². The van der Waals surface area contributed by atoms with Gasteiger partial charge in [-0.15, -0.1) is 0 Å². The lowest BCUT2D eigenvalue weighted by atomic mass is 9.72. The number of fused-ring (bicyclic) bond motifs is 5. The Morgan fingerprint density at radius 1 is 1.00 bits per heavy atom. The molecule has 2 fully saturated rings. The van der Waals surface area contributed by atoms with E-state index in [9.17, 15) is 9.90 Å². The third-order valence-electron chi connectivity index (χ3n) is 8.33. The summed E-state index contributed by atoms with van der Waals surface area (Å²) in [5.41, 5.74) is 5.44. The molecular formula is C30H32N2O4. The normalized spacial score (nSPS) is 24.7. The van der Waals surface area contributed by atoms with Crippen LogP contribution in [0.25, 0.3) is 11.1 Å². The number of carbonyl (C=O) groups excluding carboxylic acids is 1. The highest BCUT2D eigenvalue weighted by Gasteiger charge is 2.49. The van der Waals surface area contributed by atoms with Crippen LogP contribution in [0.2, 0.25) is 0 Å². The minimum absolute atomic E-state index is 0.0379. The zero-order chi connectivity index (χ0) is 24.9. The molecule has 1 N–H and O–H groups in total. The molecule has 36 heavy (non-hydrogen) atoms. The van der Waals surface area contributed by atoms with E-state index in [4.69, 9.17) is 9.47 Å². The summed E-state index contributed by atoms with van der Waals surface area (Å²) in [6.07, 6.45) is 3.50. The largest absolute Gasteiger partial charge is 0.481 e. The van der Waals surface area contributed by atoms with Crippen LogP contribution >= 0.6 is 0 Å². The molecule has 3 heterocycles. The Labute approximate surface area is 211 Å². The Morgan fingerprint density at radius 3 is 2.19 bits per heavy atom. The van der Waals surface area contributed by atoms with Gasteiger partial charge >= 0.3 is 6.09 Å². The van der Waals surface area contributed by atoms with E-state index in [1.54, 1.807) is 13.2 Å². The first-order valence-corrected chi connectivity index (χ1v) is 12.9. The van der Waals surface area contributed by atoms with Crippen molar-refractivity contribution < 1.29 is 19.4 Å². The van der Waals surface area contributed by atoms with Gasteiger partial charge in [0, 0.05) is 48.2 Å². The maximum absolute atomic E-state index is 13.5. The second-order valence-electron chi connectivity index (χ2n) is 10.4. The molecule has 6 nitrogen and oxygen atoms in total. The standard InChI is InChI=1S/C30H32N2O4/c1-19-27(14-15-28(31-19)35-2)30(34)16-20-8-7-9-21(17-30)32(20)29(33)36-18-26-24-12-5-3-10-22(24)23-11-4-6-13-25(23)26/h3-6,10-15,20-21,26,34H,7-9,16-18H2,1-2H3. The van der Waals surface area contributed by atoms with Crippen LogP contribution in [-0.2, 0) is 10.3 Å². The van der Waals surface area contributed by atoms with Gasteiger partial charge in [0.15, 0.2) is 0 Å². The molecule has 3 aromatic rings. The van der Waals surface area contributed by atoms with Gasteiger partial charge in [-0.05, 0) is 54.5 Å². The molecule has 6 heteroatoms. The van der Waals surface area contributed by atoms with Gasteiger partial charge in [0.2, 0.25) is 5.88 Å². The fourth-order valence-corrected chi connectivity index (χ4v) is 6.76. The molecule has 0 saturated carbocycles. The second-order valence-corrected chi connectivity index (χ2v) is 10.4. The number of amides is 1. The molecule has 2 bridgehead atoms. The molecule has 1 aliphatic carbocycles. The number of aromatic nitrogens is 1. The van der Waals surface area contributed by atoms with Crippen molar-refractivity contribution in [3.8, 4) is 17.0 Å². The van der Waals surface area contributed by atoms with Gasteiger partial charge in [-0.1, -0.05) is 48.5 Å². The molecule has 2 aromatic carbocycles. The number of aryl methyl sites for hydroxylation is 1. The number of carbonyl (C=O) groups is 1. The van der Waals surface area contributed by atoms with Crippen molar-refractivity contribution in [3.05, 3.63) is 83.0 Å². The molecular weight excluding hydrogens is 452 g/mol. The topological polar surface area (TPSA) is 71.9 Å². The quantitative estimate of drug-likeness (QED) is 0.526. The fourth-order valence-electron chi connectivity index (χ4n) is 6.76. The van der Waals surface area contributed by atoms with Crippen molar-refractivity contribution in [1.29, 1.82) is 0 Å². The summed E-state index contributed by atoms with van der Waals surface area (Å²) >= 11 is 0. The first-order chi connectivity index (χ1) is 17.5. The van der Waals surface area contributed by atoms with Gasteiger partial charge in [-0.3, -0.25) is 0 Å². The number of piperidine rings is 2. The SMILES string of the molecule is COc1ccc(C2(O)CC3CCCC(C2)N3C(=O)OCC2c3ccccc3-c3ccccc32)c(C)n1. The number of aliphatic hydroxyl groups is 1. The summed E-state index contributed by atoms with van der Waals surface area (Å²) in [4.78, 5) is 19.9. The third-order valence-corrected chi connectivity index (χ3v) is 8.33. The summed E-state index contributed by atoms with van der Waals surface area (Å²) in [6, 6.07) is 20.4. The van der Waals surface area contributed by atoms with Gasteiger partial charge in [0.1, 0.15) is 6.61 Å². The van der Waals surface area contributed by atoms with Crippen LogP contribution in [0.3, 0.4) is 0 Å². The maximum Gasteiger partial charge on any atom is 0.410 e. The third kappa shape index (κ3) is 3.75. The lowest BCUT2D eigenvalue weighted by Gasteiger charge is -2.51. The number of hydrogen-bond acceptors (Lipinski definition) is 5. The van der Waals surface area contributed by atoms with E-state index in [1.807, 2.05) is 30.0 Å². The minimum atomic E-state index is -1.01. The van der Waals surface area contributed by atoms with Crippen LogP contribution in [0.1, 0.15) is 60.4 Å². The molecule has 3 aliphatic rings. The van der Waals surface area contributed by atoms with Gasteiger partial charge in [-0.2, -0.15) is 0 Å². The van der Waals surface area contributed by atoms with Gasteiger partial charge in [0.05, 0.1) is 12.7 Å². The van der Waals surface area contributed by atoms with Crippen LogP contribution < -0.4 is 4.74 Å². The number of pyridine rings is 1. The molecule has 0 spiro atoms. The monoisotopic (exact) mass is 484 g/mol. The average Bonchev–Trinajstić information content (AvgIpc) is 3.20. The Kier molecular flexibility index (Phi) is 5.72. The molecule has 0 radical (unpaired) electrons. The highest BCUT2D eigenvalue weighted by molar-refractivity contribution is 5.79. The zero-order valence-electron chi connectivity index (χ0n) is 20.8. The van der Waals surface area contributed by atoms with Crippen LogP contribution in [-0.4, -0.2) is 46.9 Å². The van der Waals surface area contributed by atoms with Crippen LogP contribution in [0.5, 0.6) is 5.88 Å². The van der Waals surface area contributed by atoms with E-state index in [2.05, 4.69) is 41.4 Å². The predicted molar refractivity (Wildman–Crippen MR) is 137 cm³/mol. The summed E-state index contributed by atoms with van der Waals surface area (Å²) < 4.78 is 11.3. The number of ether oxygens (including phenoxy) is 2. The van der Waals surface area contributed by atoms with Crippen LogP contribution in [0.15, 0.2) is 60.7 Å². The lowest BCUT2D eigenvalue weighted by Crippen LogP contribution is -2.59. The Bertz CT molecular complexity index is 1250. The molecule has 186 valence electrons. The number of rotatable bonds is 4. The van der Waals surface area contributed by atoms with Crippen molar-refractivity contribution in [3.63, 3.8) is 0 Å². The minimum Gasteiger partial charge on any atom is -0.481 e. The number of methoxy groups -OCH3 is 1. The van der Waals surface area contributed by atoms with Crippen molar-refractivity contribution in [1.82, 2.24) is 9.88 Å². The van der Waals surface area contributed by atoms with Gasteiger partial charge in [0.25, 0.3) is 0 Å². The molecule has 2 unspecified atom stereocenters. The number of hydrogen-bond donors (Lipinski definition) is 1. The first kappa shape index (κ1) is 23.0. The van der Waals surface area contributed by atoms with Crippen molar-refractivity contribution in [2.24, 2.45) is 0 Å². The van der Waals surface area contributed by atoms with E-state index < -0.39 is 5.60 Å². The average molecular weight is 485 g/mol. The predicted octanol–water partition coefficient (Wildman–Crippen LogP) is 5.55. The highest BCUT2D eigenvalue weighted by Crippen LogP contribution is 2.47. The van der Waals surface area contributed by atoms with Gasteiger partial charge < -0.3 is 19.5 Å².